The Morgan fingerprint density at radius 1 is 1.08 bits per heavy atom. The van der Waals surface area contributed by atoms with Crippen LogP contribution < -0.4 is 10.6 Å². The fourth-order valence-corrected chi connectivity index (χ4v) is 1.50. The number of hydrogen-bond donors (Lipinski definition) is 0. The third-order valence-corrected chi connectivity index (χ3v) is 2.38. The molecule has 0 amide bonds. The van der Waals surface area contributed by atoms with E-state index >= 15 is 0 Å². The summed E-state index contributed by atoms with van der Waals surface area (Å²) >= 11 is 0. The molecule has 2 heteroatoms. The number of hydrogen-bond acceptors (Lipinski definition) is 2. The van der Waals surface area contributed by atoms with E-state index in [9.17, 15) is 0 Å². The molecule has 1 heterocycles. The van der Waals surface area contributed by atoms with Crippen LogP contribution in [-0.2, 0) is 0 Å². The third-order valence-electron chi connectivity index (χ3n) is 2.38. The molecule has 0 saturated heterocycles. The van der Waals surface area contributed by atoms with E-state index in [1.54, 1.807) is 0 Å². The summed E-state index contributed by atoms with van der Waals surface area (Å²) < 4.78 is 0. The summed E-state index contributed by atoms with van der Waals surface area (Å²) in [6.45, 7) is 4.11. The van der Waals surface area contributed by atoms with E-state index < -0.39 is 0 Å². The standard InChI is InChI=1S/C10H12N2/c1-7-8(2)11-12-10-6-4-3-5-9(7)10/h5-6H,3-4H2,1-2H3. The van der Waals surface area contributed by atoms with Crippen molar-refractivity contribution in [1.82, 2.24) is 10.2 Å². The van der Waals surface area contributed by atoms with Crippen LogP contribution in [0.1, 0.15) is 24.1 Å². The summed E-state index contributed by atoms with van der Waals surface area (Å²) in [5.74, 6) is 0. The molecule has 12 heavy (non-hydrogen) atoms. The topological polar surface area (TPSA) is 25.8 Å². The average Bonchev–Trinajstić information content (AvgIpc) is 2.12. The van der Waals surface area contributed by atoms with E-state index in [0.29, 0.717) is 0 Å². The Morgan fingerprint density at radius 3 is 2.67 bits per heavy atom. The molecule has 0 aliphatic heterocycles. The SMILES string of the molecule is Cc1nnc2c(c1C)=CCCC=2. The van der Waals surface area contributed by atoms with Crippen LogP contribution >= 0.6 is 0 Å². The van der Waals surface area contributed by atoms with E-state index in [1.807, 2.05) is 6.92 Å². The minimum atomic E-state index is 1.04. The van der Waals surface area contributed by atoms with Gasteiger partial charge in [-0.15, -0.1) is 0 Å². The Morgan fingerprint density at radius 2 is 1.83 bits per heavy atom. The van der Waals surface area contributed by atoms with Gasteiger partial charge < -0.3 is 0 Å². The summed E-state index contributed by atoms with van der Waals surface area (Å²) in [5.41, 5.74) is 2.32. The fraction of sp³-hybridized carbons (Fsp3) is 0.400. The molecule has 0 spiro atoms. The van der Waals surface area contributed by atoms with Gasteiger partial charge in [-0.3, -0.25) is 0 Å². The molecule has 0 unspecified atom stereocenters. The van der Waals surface area contributed by atoms with Crippen molar-refractivity contribution in [3.8, 4) is 0 Å². The Balaban J connectivity index is 2.88. The lowest BCUT2D eigenvalue weighted by atomic mass is 10.1. The van der Waals surface area contributed by atoms with Crippen molar-refractivity contribution in [1.29, 1.82) is 0 Å². The van der Waals surface area contributed by atoms with Crippen LogP contribution in [-0.4, -0.2) is 10.2 Å². The number of aryl methyl sites for hydroxylation is 1. The zero-order valence-electron chi connectivity index (χ0n) is 7.46. The van der Waals surface area contributed by atoms with Crippen LogP contribution in [0.2, 0.25) is 0 Å². The Labute approximate surface area is 71.6 Å². The van der Waals surface area contributed by atoms with Crippen LogP contribution in [0.15, 0.2) is 0 Å². The van der Waals surface area contributed by atoms with Crippen LogP contribution in [0, 0.1) is 13.8 Å². The van der Waals surface area contributed by atoms with Crippen molar-refractivity contribution in [3.05, 3.63) is 21.8 Å². The molecule has 1 aromatic rings. The van der Waals surface area contributed by atoms with Gasteiger partial charge in [0.2, 0.25) is 0 Å². The average molecular weight is 160 g/mol. The van der Waals surface area contributed by atoms with Crippen LogP contribution in [0.4, 0.5) is 0 Å². The molecular weight excluding hydrogens is 148 g/mol. The number of aromatic nitrogens is 2. The summed E-state index contributed by atoms with van der Waals surface area (Å²) in [5, 5.41) is 10.6. The van der Waals surface area contributed by atoms with Gasteiger partial charge in [0.15, 0.2) is 0 Å². The first kappa shape index (κ1) is 7.47. The lowest BCUT2D eigenvalue weighted by molar-refractivity contribution is 0.902. The Hall–Kier alpha value is -1.18. The molecule has 0 bridgehead atoms. The summed E-state index contributed by atoms with van der Waals surface area (Å²) in [6.07, 6.45) is 6.66. The van der Waals surface area contributed by atoms with Crippen molar-refractivity contribution >= 4 is 12.2 Å². The maximum absolute atomic E-state index is 4.14. The normalized spacial score (nSPS) is 14.5. The molecule has 0 fully saturated rings. The second-order valence-corrected chi connectivity index (χ2v) is 3.19. The molecule has 0 radical (unpaired) electrons. The van der Waals surface area contributed by atoms with E-state index in [1.165, 1.54) is 10.8 Å². The van der Waals surface area contributed by atoms with E-state index in [-0.39, 0.29) is 0 Å². The maximum atomic E-state index is 4.14. The smallest absolute Gasteiger partial charge is 0.0889 e. The van der Waals surface area contributed by atoms with Gasteiger partial charge in [-0.25, -0.2) is 0 Å². The van der Waals surface area contributed by atoms with Crippen molar-refractivity contribution in [3.63, 3.8) is 0 Å². The molecule has 1 aromatic heterocycles. The van der Waals surface area contributed by atoms with Gasteiger partial charge in [0.05, 0.1) is 11.0 Å². The van der Waals surface area contributed by atoms with Gasteiger partial charge in [-0.2, -0.15) is 10.2 Å². The molecular formula is C10H12N2. The van der Waals surface area contributed by atoms with Gasteiger partial charge in [0, 0.05) is 5.22 Å². The Kier molecular flexibility index (Phi) is 1.68. The largest absolute Gasteiger partial charge is 0.155 e. The lowest BCUT2D eigenvalue weighted by Crippen LogP contribution is -2.34. The molecule has 0 atom stereocenters. The second kappa shape index (κ2) is 2.70. The highest BCUT2D eigenvalue weighted by Gasteiger charge is 2.00. The first-order valence-electron chi connectivity index (χ1n) is 4.29. The highest BCUT2D eigenvalue weighted by molar-refractivity contribution is 5.38. The highest BCUT2D eigenvalue weighted by Crippen LogP contribution is 1.97. The predicted octanol–water partition coefficient (Wildman–Crippen LogP) is 0.448. The van der Waals surface area contributed by atoms with Crippen LogP contribution in [0.3, 0.4) is 0 Å². The van der Waals surface area contributed by atoms with Crippen molar-refractivity contribution in [2.75, 3.05) is 0 Å². The minimum absolute atomic E-state index is 1.04. The molecule has 62 valence electrons. The molecule has 0 saturated carbocycles. The third kappa shape index (κ3) is 1.04. The van der Waals surface area contributed by atoms with Gasteiger partial charge in [-0.05, 0) is 32.3 Å². The first-order valence-corrected chi connectivity index (χ1v) is 4.29. The lowest BCUT2D eigenvalue weighted by Gasteiger charge is -2.03. The van der Waals surface area contributed by atoms with Crippen molar-refractivity contribution in [2.24, 2.45) is 0 Å². The molecule has 2 rings (SSSR count). The van der Waals surface area contributed by atoms with Gasteiger partial charge in [0.1, 0.15) is 0 Å². The van der Waals surface area contributed by atoms with E-state index in [0.717, 1.165) is 23.9 Å². The van der Waals surface area contributed by atoms with Crippen LogP contribution in [0.25, 0.3) is 12.2 Å². The van der Waals surface area contributed by atoms with E-state index in [4.69, 9.17) is 0 Å². The fourth-order valence-electron chi connectivity index (χ4n) is 1.50. The molecule has 2 nitrogen and oxygen atoms in total. The van der Waals surface area contributed by atoms with Crippen molar-refractivity contribution in [2.45, 2.75) is 26.7 Å². The summed E-state index contributed by atoms with van der Waals surface area (Å²) in [4.78, 5) is 0. The zero-order valence-corrected chi connectivity index (χ0v) is 7.46. The van der Waals surface area contributed by atoms with Gasteiger partial charge in [0.25, 0.3) is 0 Å². The molecule has 0 aromatic carbocycles. The maximum Gasteiger partial charge on any atom is 0.0889 e. The molecule has 1 aliphatic rings. The second-order valence-electron chi connectivity index (χ2n) is 3.19. The monoisotopic (exact) mass is 160 g/mol. The number of nitrogens with zero attached hydrogens (tertiary/aromatic N) is 2. The van der Waals surface area contributed by atoms with Crippen molar-refractivity contribution < 1.29 is 0 Å². The molecule has 1 aliphatic carbocycles. The highest BCUT2D eigenvalue weighted by atomic mass is 15.1. The van der Waals surface area contributed by atoms with E-state index in [2.05, 4.69) is 29.3 Å². The van der Waals surface area contributed by atoms with Crippen LogP contribution in [0.5, 0.6) is 0 Å². The Bertz CT molecular complexity index is 418. The van der Waals surface area contributed by atoms with Gasteiger partial charge >= 0.3 is 0 Å². The van der Waals surface area contributed by atoms with Gasteiger partial charge in [-0.1, -0.05) is 12.2 Å². The molecule has 0 N–H and O–H groups in total. The summed E-state index contributed by atoms with van der Waals surface area (Å²) in [6, 6.07) is 0. The number of fused-ring (bicyclic) bond motifs is 1. The zero-order chi connectivity index (χ0) is 8.55. The summed E-state index contributed by atoms with van der Waals surface area (Å²) in [7, 11) is 0. The minimum Gasteiger partial charge on any atom is -0.155 e. The number of rotatable bonds is 0. The first-order chi connectivity index (χ1) is 5.79. The predicted molar refractivity (Wildman–Crippen MR) is 48.9 cm³/mol. The quantitative estimate of drug-likeness (QED) is 0.550.